The third-order valence-electron chi connectivity index (χ3n) is 7.19. The molecule has 1 aliphatic carbocycles. The Labute approximate surface area is 194 Å². The van der Waals surface area contributed by atoms with Gasteiger partial charge in [0.05, 0.1) is 5.92 Å². The summed E-state index contributed by atoms with van der Waals surface area (Å²) in [5.74, 6) is -0.0354. The Morgan fingerprint density at radius 1 is 1.03 bits per heavy atom. The highest BCUT2D eigenvalue weighted by molar-refractivity contribution is 5.71. The SMILES string of the molecule is Cc1ccc(F)c(-c2ccc(C3CCc4ccc([C@H](C5CC5)[C@@H](C)C(=O)O)cc4O3)cc2)c1. The number of fused-ring (bicyclic) bond motifs is 1. The molecule has 33 heavy (non-hydrogen) atoms. The molecule has 4 heteroatoms. The van der Waals surface area contributed by atoms with Gasteiger partial charge >= 0.3 is 5.97 Å². The molecule has 0 saturated heterocycles. The molecule has 170 valence electrons. The van der Waals surface area contributed by atoms with Crippen LogP contribution in [0.5, 0.6) is 5.75 Å². The zero-order chi connectivity index (χ0) is 23.1. The number of hydrogen-bond donors (Lipinski definition) is 1. The lowest BCUT2D eigenvalue weighted by atomic mass is 9.82. The van der Waals surface area contributed by atoms with E-state index in [1.54, 1.807) is 6.07 Å². The number of benzene rings is 3. The summed E-state index contributed by atoms with van der Waals surface area (Å²) < 4.78 is 20.7. The van der Waals surface area contributed by atoms with Crippen molar-refractivity contribution in [1.29, 1.82) is 0 Å². The smallest absolute Gasteiger partial charge is 0.306 e. The van der Waals surface area contributed by atoms with E-state index in [-0.39, 0.29) is 17.8 Å². The molecular formula is C29H29FO3. The van der Waals surface area contributed by atoms with Gasteiger partial charge in [0.2, 0.25) is 0 Å². The first-order valence-corrected chi connectivity index (χ1v) is 11.8. The number of rotatable bonds is 6. The molecule has 0 bridgehead atoms. The summed E-state index contributed by atoms with van der Waals surface area (Å²) in [4.78, 5) is 11.7. The van der Waals surface area contributed by atoms with Crippen LogP contribution in [0.4, 0.5) is 4.39 Å². The summed E-state index contributed by atoms with van der Waals surface area (Å²) in [6.45, 7) is 3.77. The highest BCUT2D eigenvalue weighted by atomic mass is 19.1. The molecule has 1 unspecified atom stereocenters. The van der Waals surface area contributed by atoms with Crippen molar-refractivity contribution >= 4 is 5.97 Å². The molecule has 3 atom stereocenters. The Hall–Kier alpha value is -3.14. The summed E-state index contributed by atoms with van der Waals surface area (Å²) >= 11 is 0. The maximum absolute atomic E-state index is 14.3. The Bertz CT molecular complexity index is 1180. The number of carbonyl (C=O) groups is 1. The van der Waals surface area contributed by atoms with E-state index in [1.165, 1.54) is 11.6 Å². The van der Waals surface area contributed by atoms with Crippen LogP contribution < -0.4 is 4.74 Å². The predicted octanol–water partition coefficient (Wildman–Crippen LogP) is 7.08. The molecule has 1 fully saturated rings. The lowest BCUT2D eigenvalue weighted by Gasteiger charge is -2.29. The molecule has 0 aromatic heterocycles. The fourth-order valence-corrected chi connectivity index (χ4v) is 5.14. The lowest BCUT2D eigenvalue weighted by molar-refractivity contribution is -0.142. The van der Waals surface area contributed by atoms with Crippen LogP contribution in [-0.2, 0) is 11.2 Å². The minimum absolute atomic E-state index is 0.0280. The van der Waals surface area contributed by atoms with E-state index in [1.807, 2.05) is 44.2 Å². The van der Waals surface area contributed by atoms with Gasteiger partial charge in [0.15, 0.2) is 0 Å². The summed E-state index contributed by atoms with van der Waals surface area (Å²) in [6, 6.07) is 19.4. The maximum Gasteiger partial charge on any atom is 0.306 e. The number of carboxylic acid groups (broad SMARTS) is 1. The normalized spacial score (nSPS) is 19.3. The van der Waals surface area contributed by atoms with E-state index in [0.717, 1.165) is 53.7 Å². The van der Waals surface area contributed by atoms with Crippen LogP contribution >= 0.6 is 0 Å². The van der Waals surface area contributed by atoms with Gasteiger partial charge in [0, 0.05) is 5.56 Å². The first kappa shape index (κ1) is 21.7. The zero-order valence-electron chi connectivity index (χ0n) is 19.1. The molecule has 1 N–H and O–H groups in total. The van der Waals surface area contributed by atoms with Crippen molar-refractivity contribution in [2.24, 2.45) is 11.8 Å². The second kappa shape index (κ2) is 8.66. The average molecular weight is 445 g/mol. The Morgan fingerprint density at radius 3 is 2.48 bits per heavy atom. The molecule has 1 aliphatic heterocycles. The van der Waals surface area contributed by atoms with E-state index in [2.05, 4.69) is 18.2 Å². The minimum atomic E-state index is -0.742. The molecule has 2 aliphatic rings. The molecule has 1 saturated carbocycles. The molecule has 3 aromatic rings. The Balaban J connectivity index is 1.38. The summed E-state index contributed by atoms with van der Waals surface area (Å²) in [5, 5.41) is 9.60. The lowest BCUT2D eigenvalue weighted by Crippen LogP contribution is -2.21. The van der Waals surface area contributed by atoms with Gasteiger partial charge in [-0.2, -0.15) is 0 Å². The molecular weight excluding hydrogens is 415 g/mol. The van der Waals surface area contributed by atoms with Gasteiger partial charge in [-0.25, -0.2) is 4.39 Å². The average Bonchev–Trinajstić information content (AvgIpc) is 3.65. The van der Waals surface area contributed by atoms with E-state index in [0.29, 0.717) is 11.5 Å². The molecule has 5 rings (SSSR count). The second-order valence-electron chi connectivity index (χ2n) is 9.61. The molecule has 0 radical (unpaired) electrons. The quantitative estimate of drug-likeness (QED) is 0.442. The van der Waals surface area contributed by atoms with Crippen LogP contribution in [0.15, 0.2) is 60.7 Å². The molecule has 0 spiro atoms. The first-order valence-electron chi connectivity index (χ1n) is 11.8. The Morgan fingerprint density at radius 2 is 1.79 bits per heavy atom. The fraction of sp³-hybridized carbons (Fsp3) is 0.345. The van der Waals surface area contributed by atoms with E-state index < -0.39 is 11.9 Å². The van der Waals surface area contributed by atoms with Gasteiger partial charge in [-0.05, 0) is 84.9 Å². The number of carboxylic acids is 1. The summed E-state index contributed by atoms with van der Waals surface area (Å²) in [6.07, 6.45) is 3.91. The second-order valence-corrected chi connectivity index (χ2v) is 9.61. The number of ether oxygens (including phenoxy) is 1. The van der Waals surface area contributed by atoms with E-state index in [4.69, 9.17) is 4.74 Å². The standard InChI is InChI=1S/C29H29FO3/c1-17-3-13-25(30)24(15-17)19-4-6-20(7-5-19)26-14-12-21-8-11-23(16-27(21)33-26)28(22-9-10-22)18(2)29(31)32/h3-8,11,13,15-16,18,22,26,28H,9-10,12,14H2,1-2H3,(H,31,32)/t18-,26?,28+/m1/s1. The van der Waals surface area contributed by atoms with Crippen molar-refractivity contribution in [2.45, 2.75) is 51.6 Å². The first-order chi connectivity index (χ1) is 15.9. The largest absolute Gasteiger partial charge is 0.485 e. The van der Waals surface area contributed by atoms with E-state index in [9.17, 15) is 14.3 Å². The summed E-state index contributed by atoms with van der Waals surface area (Å²) in [5.41, 5.74) is 5.80. The van der Waals surface area contributed by atoms with Crippen molar-refractivity contribution in [2.75, 3.05) is 0 Å². The van der Waals surface area contributed by atoms with Crippen molar-refractivity contribution in [3.63, 3.8) is 0 Å². The number of halogens is 1. The van der Waals surface area contributed by atoms with Gasteiger partial charge in [0.25, 0.3) is 0 Å². The van der Waals surface area contributed by atoms with Crippen LogP contribution in [0.2, 0.25) is 0 Å². The number of aryl methyl sites for hydroxylation is 2. The third kappa shape index (κ3) is 4.39. The molecule has 0 amide bonds. The van der Waals surface area contributed by atoms with Crippen LogP contribution in [-0.4, -0.2) is 11.1 Å². The highest BCUT2D eigenvalue weighted by Gasteiger charge is 2.39. The van der Waals surface area contributed by atoms with Gasteiger partial charge in [-0.3, -0.25) is 4.79 Å². The highest BCUT2D eigenvalue weighted by Crippen LogP contribution is 2.48. The minimum Gasteiger partial charge on any atom is -0.485 e. The van der Waals surface area contributed by atoms with Gasteiger partial charge in [-0.1, -0.05) is 55.0 Å². The van der Waals surface area contributed by atoms with Gasteiger partial charge < -0.3 is 9.84 Å². The summed E-state index contributed by atoms with van der Waals surface area (Å²) in [7, 11) is 0. The van der Waals surface area contributed by atoms with E-state index >= 15 is 0 Å². The predicted molar refractivity (Wildman–Crippen MR) is 127 cm³/mol. The monoisotopic (exact) mass is 444 g/mol. The van der Waals surface area contributed by atoms with Crippen molar-refractivity contribution in [1.82, 2.24) is 0 Å². The van der Waals surface area contributed by atoms with Crippen LogP contribution in [0.3, 0.4) is 0 Å². The molecule has 3 nitrogen and oxygen atoms in total. The van der Waals surface area contributed by atoms with Crippen molar-refractivity contribution in [3.8, 4) is 16.9 Å². The maximum atomic E-state index is 14.3. The van der Waals surface area contributed by atoms with Gasteiger partial charge in [0.1, 0.15) is 17.7 Å². The van der Waals surface area contributed by atoms with Crippen LogP contribution in [0, 0.1) is 24.6 Å². The molecule has 1 heterocycles. The topological polar surface area (TPSA) is 46.5 Å². The third-order valence-corrected chi connectivity index (χ3v) is 7.19. The number of hydrogen-bond acceptors (Lipinski definition) is 2. The zero-order valence-corrected chi connectivity index (χ0v) is 19.1. The van der Waals surface area contributed by atoms with Crippen LogP contribution in [0.25, 0.3) is 11.1 Å². The molecule has 3 aromatic carbocycles. The number of aliphatic carboxylic acids is 1. The fourth-order valence-electron chi connectivity index (χ4n) is 5.14. The van der Waals surface area contributed by atoms with Crippen molar-refractivity contribution in [3.05, 3.63) is 88.7 Å². The van der Waals surface area contributed by atoms with Gasteiger partial charge in [-0.15, -0.1) is 0 Å². The van der Waals surface area contributed by atoms with Crippen molar-refractivity contribution < 1.29 is 19.0 Å². The Kier molecular flexibility index (Phi) is 5.69. The van der Waals surface area contributed by atoms with Crippen LogP contribution in [0.1, 0.15) is 60.5 Å².